The molecule has 1 atom stereocenters. The van der Waals surface area contributed by atoms with Gasteiger partial charge in [-0.25, -0.2) is 9.36 Å². The van der Waals surface area contributed by atoms with Crippen molar-refractivity contribution in [3.63, 3.8) is 0 Å². The number of carbonyl (C=O) groups excluding carboxylic acids is 3. The van der Waals surface area contributed by atoms with Gasteiger partial charge in [0, 0.05) is 17.8 Å². The third-order valence-electron chi connectivity index (χ3n) is 7.79. The summed E-state index contributed by atoms with van der Waals surface area (Å²) >= 11 is 0. The Morgan fingerprint density at radius 1 is 1.02 bits per heavy atom. The number of nitrogens with zero attached hydrogens (tertiary/aromatic N) is 1. The minimum absolute atomic E-state index is 0.248. The minimum atomic E-state index is -1.29. The molecule has 8 nitrogen and oxygen atoms in total. The number of hydrogen-bond donors (Lipinski definition) is 2. The molecule has 0 aliphatic heterocycles. The third kappa shape index (κ3) is 6.24. The summed E-state index contributed by atoms with van der Waals surface area (Å²) in [7, 11) is 0. The molecule has 1 heterocycles. The SMILES string of the molecule is CCOC(=O)C(C)(C)c1ccc2c(c1)c(C(C)CNC(=O)C1(O)CC1)c(-c1cc(C)cc(C)c1)n2C(=O)OC(C)(C)C. The fraction of sp³-hybridized carbons (Fsp3) is 0.500. The van der Waals surface area contributed by atoms with Crippen LogP contribution in [0.15, 0.2) is 36.4 Å². The molecule has 42 heavy (non-hydrogen) atoms. The molecule has 1 aliphatic carbocycles. The maximum absolute atomic E-state index is 13.9. The Morgan fingerprint density at radius 3 is 2.19 bits per heavy atom. The number of carbonyl (C=O) groups is 3. The van der Waals surface area contributed by atoms with Crippen molar-refractivity contribution in [2.75, 3.05) is 13.2 Å². The van der Waals surface area contributed by atoms with Gasteiger partial charge in [0.2, 0.25) is 0 Å². The number of benzene rings is 2. The maximum atomic E-state index is 13.9. The number of hydrogen-bond acceptors (Lipinski definition) is 6. The molecule has 0 spiro atoms. The maximum Gasteiger partial charge on any atom is 0.419 e. The van der Waals surface area contributed by atoms with Gasteiger partial charge >= 0.3 is 12.1 Å². The fourth-order valence-corrected chi connectivity index (χ4v) is 5.38. The van der Waals surface area contributed by atoms with Crippen molar-refractivity contribution in [1.29, 1.82) is 0 Å². The summed E-state index contributed by atoms with van der Waals surface area (Å²) in [5.41, 5.74) is 2.83. The summed E-state index contributed by atoms with van der Waals surface area (Å²) < 4.78 is 12.9. The molecule has 1 fully saturated rings. The predicted octanol–water partition coefficient (Wildman–Crippen LogP) is 6.29. The number of amides is 1. The van der Waals surface area contributed by atoms with Crippen LogP contribution in [0.3, 0.4) is 0 Å². The highest BCUT2D eigenvalue weighted by Crippen LogP contribution is 2.42. The highest BCUT2D eigenvalue weighted by molar-refractivity contribution is 6.01. The molecule has 0 radical (unpaired) electrons. The second kappa shape index (κ2) is 11.2. The summed E-state index contributed by atoms with van der Waals surface area (Å²) in [5.74, 6) is -0.994. The molecule has 1 amide bonds. The molecular formula is C34H44N2O6. The van der Waals surface area contributed by atoms with E-state index in [1.807, 2.05) is 85.7 Å². The molecular weight excluding hydrogens is 532 g/mol. The zero-order valence-electron chi connectivity index (χ0n) is 26.3. The second-order valence-corrected chi connectivity index (χ2v) is 13.2. The molecule has 0 saturated heterocycles. The van der Waals surface area contributed by atoms with E-state index in [1.165, 1.54) is 0 Å². The quantitative estimate of drug-likeness (QED) is 0.305. The van der Waals surface area contributed by atoms with Crippen LogP contribution >= 0.6 is 0 Å². The van der Waals surface area contributed by atoms with Gasteiger partial charge in [-0.2, -0.15) is 0 Å². The van der Waals surface area contributed by atoms with Crippen molar-refractivity contribution in [3.05, 3.63) is 58.7 Å². The van der Waals surface area contributed by atoms with E-state index in [9.17, 15) is 19.5 Å². The van der Waals surface area contributed by atoms with Crippen molar-refractivity contribution in [1.82, 2.24) is 9.88 Å². The number of ether oxygens (including phenoxy) is 2. The van der Waals surface area contributed by atoms with E-state index in [4.69, 9.17) is 9.47 Å². The van der Waals surface area contributed by atoms with Gasteiger partial charge in [-0.05, 0) is 109 Å². The van der Waals surface area contributed by atoms with Crippen molar-refractivity contribution in [2.24, 2.45) is 0 Å². The summed E-state index contributed by atoms with van der Waals surface area (Å²) in [6, 6.07) is 11.8. The number of aromatic nitrogens is 1. The van der Waals surface area contributed by atoms with Crippen LogP contribution in [-0.2, 0) is 24.5 Å². The standard InChI is InChI=1S/C34H44N2O6/c1-10-41-30(38)33(8,9)24-11-12-26-25(18-24)27(22(4)19-35-29(37)34(40)13-14-34)28(23-16-20(2)15-21(3)17-23)36(26)31(39)42-32(5,6)7/h11-12,15-18,22,40H,10,13-14,19H2,1-9H3,(H,35,37). The molecule has 8 heteroatoms. The van der Waals surface area contributed by atoms with Crippen LogP contribution in [0.4, 0.5) is 4.79 Å². The highest BCUT2D eigenvalue weighted by Gasteiger charge is 2.48. The Balaban J connectivity index is 2.00. The normalized spacial score (nSPS) is 15.3. The van der Waals surface area contributed by atoms with Gasteiger partial charge in [0.25, 0.3) is 5.91 Å². The van der Waals surface area contributed by atoms with Gasteiger partial charge in [0.15, 0.2) is 0 Å². The number of nitrogens with one attached hydrogen (secondary N) is 1. The van der Waals surface area contributed by atoms with E-state index < -0.39 is 22.7 Å². The van der Waals surface area contributed by atoms with E-state index in [0.717, 1.165) is 33.2 Å². The summed E-state index contributed by atoms with van der Waals surface area (Å²) in [6.45, 7) is 17.4. The lowest BCUT2D eigenvalue weighted by Gasteiger charge is -2.23. The molecule has 3 aromatic rings. The van der Waals surface area contributed by atoms with E-state index >= 15 is 0 Å². The Morgan fingerprint density at radius 2 is 1.64 bits per heavy atom. The van der Waals surface area contributed by atoms with Gasteiger partial charge < -0.3 is 19.9 Å². The van der Waals surface area contributed by atoms with Gasteiger partial charge in [-0.1, -0.05) is 30.2 Å². The van der Waals surface area contributed by atoms with Crippen LogP contribution in [0.2, 0.25) is 0 Å². The van der Waals surface area contributed by atoms with E-state index in [0.29, 0.717) is 24.1 Å². The molecule has 1 saturated carbocycles. The third-order valence-corrected chi connectivity index (χ3v) is 7.79. The Kier molecular flexibility index (Phi) is 8.35. The monoisotopic (exact) mass is 576 g/mol. The largest absolute Gasteiger partial charge is 0.465 e. The minimum Gasteiger partial charge on any atom is -0.465 e. The molecule has 1 unspecified atom stereocenters. The van der Waals surface area contributed by atoms with Crippen LogP contribution in [0, 0.1) is 13.8 Å². The number of rotatable bonds is 8. The van der Waals surface area contributed by atoms with Crippen LogP contribution < -0.4 is 5.32 Å². The molecule has 1 aliphatic rings. The topological polar surface area (TPSA) is 107 Å². The highest BCUT2D eigenvalue weighted by atomic mass is 16.6. The predicted molar refractivity (Wildman–Crippen MR) is 164 cm³/mol. The van der Waals surface area contributed by atoms with Crippen LogP contribution in [-0.4, -0.2) is 52.0 Å². The average Bonchev–Trinajstić information content (AvgIpc) is 3.54. The lowest BCUT2D eigenvalue weighted by molar-refractivity contribution is -0.148. The van der Waals surface area contributed by atoms with E-state index in [2.05, 4.69) is 11.4 Å². The Labute approximate surface area is 248 Å². The Hall–Kier alpha value is -3.65. The lowest BCUT2D eigenvalue weighted by atomic mass is 9.83. The van der Waals surface area contributed by atoms with Crippen molar-refractivity contribution in [3.8, 4) is 11.3 Å². The van der Waals surface area contributed by atoms with Gasteiger partial charge in [-0.3, -0.25) is 9.59 Å². The van der Waals surface area contributed by atoms with Crippen molar-refractivity contribution >= 4 is 28.9 Å². The number of aryl methyl sites for hydroxylation is 2. The van der Waals surface area contributed by atoms with E-state index in [1.54, 1.807) is 11.5 Å². The molecule has 4 rings (SSSR count). The molecule has 0 bridgehead atoms. The molecule has 2 aromatic carbocycles. The number of fused-ring (bicyclic) bond motifs is 1. The fourth-order valence-electron chi connectivity index (χ4n) is 5.38. The zero-order valence-corrected chi connectivity index (χ0v) is 26.3. The zero-order chi connectivity index (χ0) is 31.2. The number of esters is 1. The first-order valence-corrected chi connectivity index (χ1v) is 14.7. The molecule has 226 valence electrons. The first kappa shape index (κ1) is 31.3. The van der Waals surface area contributed by atoms with Crippen LogP contribution in [0.5, 0.6) is 0 Å². The van der Waals surface area contributed by atoms with Crippen LogP contribution in [0.1, 0.15) is 89.5 Å². The van der Waals surface area contributed by atoms with Crippen molar-refractivity contribution < 1.29 is 29.0 Å². The van der Waals surface area contributed by atoms with Gasteiger partial charge in [0.1, 0.15) is 11.2 Å². The molecule has 2 N–H and O–H groups in total. The molecule has 1 aromatic heterocycles. The first-order valence-electron chi connectivity index (χ1n) is 14.7. The second-order valence-electron chi connectivity index (χ2n) is 13.2. The van der Waals surface area contributed by atoms with Gasteiger partial charge in [-0.15, -0.1) is 0 Å². The first-order chi connectivity index (χ1) is 19.5. The summed E-state index contributed by atoms with van der Waals surface area (Å²) in [6.07, 6.45) is 0.380. The average molecular weight is 577 g/mol. The van der Waals surface area contributed by atoms with Crippen LogP contribution in [0.25, 0.3) is 22.2 Å². The lowest BCUT2D eigenvalue weighted by Crippen LogP contribution is -2.38. The summed E-state index contributed by atoms with van der Waals surface area (Å²) in [5, 5.41) is 14.0. The van der Waals surface area contributed by atoms with E-state index in [-0.39, 0.29) is 30.9 Å². The Bertz CT molecular complexity index is 1520. The smallest absolute Gasteiger partial charge is 0.419 e. The summed E-state index contributed by atoms with van der Waals surface area (Å²) in [4.78, 5) is 39.5. The number of aliphatic hydroxyl groups is 1. The van der Waals surface area contributed by atoms with Gasteiger partial charge in [0.05, 0.1) is 23.2 Å². The van der Waals surface area contributed by atoms with Crippen molar-refractivity contribution in [2.45, 2.75) is 97.7 Å².